The Morgan fingerprint density at radius 3 is 2.27 bits per heavy atom. The lowest BCUT2D eigenvalue weighted by Gasteiger charge is -2.16. The SMILES string of the molecule is CCC(Oc1cc(C)cc(C)c1)C(=N)N. The maximum atomic E-state index is 7.36. The van der Waals surface area contributed by atoms with E-state index in [2.05, 4.69) is 6.07 Å². The van der Waals surface area contributed by atoms with Crippen LogP contribution in [0.15, 0.2) is 18.2 Å². The summed E-state index contributed by atoms with van der Waals surface area (Å²) in [6, 6.07) is 6.00. The van der Waals surface area contributed by atoms with Gasteiger partial charge in [-0.2, -0.15) is 0 Å². The highest BCUT2D eigenvalue weighted by Crippen LogP contribution is 2.18. The number of nitrogens with one attached hydrogen (secondary N) is 1. The molecule has 0 spiro atoms. The van der Waals surface area contributed by atoms with Gasteiger partial charge >= 0.3 is 0 Å². The van der Waals surface area contributed by atoms with Crippen molar-refractivity contribution in [2.24, 2.45) is 5.73 Å². The Labute approximate surface area is 90.8 Å². The first kappa shape index (κ1) is 11.6. The van der Waals surface area contributed by atoms with Crippen LogP contribution in [0.5, 0.6) is 5.75 Å². The average Bonchev–Trinajstić information content (AvgIpc) is 2.12. The molecule has 0 bridgehead atoms. The molecule has 0 saturated carbocycles. The summed E-state index contributed by atoms with van der Waals surface area (Å²) in [6.45, 7) is 6.00. The summed E-state index contributed by atoms with van der Waals surface area (Å²) in [5.74, 6) is 0.867. The van der Waals surface area contributed by atoms with E-state index in [0.717, 1.165) is 16.9 Å². The molecule has 0 aliphatic rings. The van der Waals surface area contributed by atoms with Crippen molar-refractivity contribution in [1.82, 2.24) is 0 Å². The number of rotatable bonds is 4. The highest BCUT2D eigenvalue weighted by atomic mass is 16.5. The van der Waals surface area contributed by atoms with Crippen molar-refractivity contribution in [3.8, 4) is 5.75 Å². The van der Waals surface area contributed by atoms with Gasteiger partial charge in [-0.1, -0.05) is 13.0 Å². The third-order valence-corrected chi connectivity index (χ3v) is 2.19. The molecule has 3 N–H and O–H groups in total. The molecule has 0 fully saturated rings. The minimum atomic E-state index is -0.314. The lowest BCUT2D eigenvalue weighted by molar-refractivity contribution is 0.260. The van der Waals surface area contributed by atoms with Crippen LogP contribution < -0.4 is 10.5 Å². The van der Waals surface area contributed by atoms with Crippen LogP contribution in [-0.2, 0) is 0 Å². The molecule has 0 saturated heterocycles. The van der Waals surface area contributed by atoms with Crippen molar-refractivity contribution in [2.75, 3.05) is 0 Å². The number of ether oxygens (including phenoxy) is 1. The normalized spacial score (nSPS) is 12.2. The van der Waals surface area contributed by atoms with E-state index >= 15 is 0 Å². The van der Waals surface area contributed by atoms with Crippen molar-refractivity contribution in [2.45, 2.75) is 33.3 Å². The summed E-state index contributed by atoms with van der Waals surface area (Å²) in [5.41, 5.74) is 7.74. The third kappa shape index (κ3) is 3.27. The van der Waals surface area contributed by atoms with Crippen molar-refractivity contribution in [3.63, 3.8) is 0 Å². The van der Waals surface area contributed by atoms with Gasteiger partial charge in [-0.05, 0) is 43.5 Å². The van der Waals surface area contributed by atoms with Gasteiger partial charge in [0.15, 0.2) is 6.10 Å². The van der Waals surface area contributed by atoms with Crippen LogP contribution in [0.2, 0.25) is 0 Å². The number of hydrogen-bond acceptors (Lipinski definition) is 2. The van der Waals surface area contributed by atoms with Crippen LogP contribution >= 0.6 is 0 Å². The van der Waals surface area contributed by atoms with E-state index < -0.39 is 0 Å². The number of amidine groups is 1. The molecular weight excluding hydrogens is 188 g/mol. The van der Waals surface area contributed by atoms with E-state index in [1.807, 2.05) is 32.9 Å². The van der Waals surface area contributed by atoms with E-state index in [0.29, 0.717) is 6.42 Å². The van der Waals surface area contributed by atoms with Gasteiger partial charge in [0.05, 0.1) is 0 Å². The van der Waals surface area contributed by atoms with Gasteiger partial charge in [-0.25, -0.2) is 0 Å². The zero-order chi connectivity index (χ0) is 11.4. The van der Waals surface area contributed by atoms with E-state index in [4.69, 9.17) is 15.9 Å². The molecule has 0 radical (unpaired) electrons. The molecule has 1 rings (SSSR count). The number of hydrogen-bond donors (Lipinski definition) is 2. The molecule has 1 aromatic carbocycles. The van der Waals surface area contributed by atoms with E-state index in [-0.39, 0.29) is 11.9 Å². The van der Waals surface area contributed by atoms with Crippen molar-refractivity contribution < 1.29 is 4.74 Å². The first-order valence-electron chi connectivity index (χ1n) is 5.11. The number of benzene rings is 1. The second-order valence-corrected chi connectivity index (χ2v) is 3.79. The minimum Gasteiger partial charge on any atom is -0.483 e. The van der Waals surface area contributed by atoms with Gasteiger partial charge in [0, 0.05) is 0 Å². The number of nitrogens with two attached hydrogens (primary N) is 1. The molecule has 0 aliphatic heterocycles. The van der Waals surface area contributed by atoms with Gasteiger partial charge in [-0.3, -0.25) is 5.41 Å². The Balaban J connectivity index is 2.83. The Morgan fingerprint density at radius 2 is 1.87 bits per heavy atom. The first-order chi connectivity index (χ1) is 7.02. The smallest absolute Gasteiger partial charge is 0.155 e. The Kier molecular flexibility index (Phi) is 3.72. The largest absolute Gasteiger partial charge is 0.483 e. The third-order valence-electron chi connectivity index (χ3n) is 2.19. The molecule has 3 heteroatoms. The zero-order valence-corrected chi connectivity index (χ0v) is 9.50. The van der Waals surface area contributed by atoms with E-state index in [1.165, 1.54) is 0 Å². The molecule has 0 heterocycles. The van der Waals surface area contributed by atoms with Gasteiger partial charge in [0.25, 0.3) is 0 Å². The molecule has 3 nitrogen and oxygen atoms in total. The van der Waals surface area contributed by atoms with Crippen LogP contribution in [0.3, 0.4) is 0 Å². The maximum Gasteiger partial charge on any atom is 0.155 e. The van der Waals surface area contributed by atoms with Crippen LogP contribution in [0, 0.1) is 19.3 Å². The number of aryl methyl sites for hydroxylation is 2. The predicted octanol–water partition coefficient (Wildman–Crippen LogP) is 2.40. The fourth-order valence-corrected chi connectivity index (χ4v) is 1.53. The zero-order valence-electron chi connectivity index (χ0n) is 9.50. The predicted molar refractivity (Wildman–Crippen MR) is 62.5 cm³/mol. The Hall–Kier alpha value is -1.51. The summed E-state index contributed by atoms with van der Waals surface area (Å²) in [7, 11) is 0. The summed E-state index contributed by atoms with van der Waals surface area (Å²) in [5, 5.41) is 7.36. The molecule has 82 valence electrons. The highest BCUT2D eigenvalue weighted by Gasteiger charge is 2.11. The standard InChI is InChI=1S/C12H18N2O/c1-4-11(12(13)14)15-10-6-8(2)5-9(3)7-10/h5-7,11H,4H2,1-3H3,(H3,13,14). The van der Waals surface area contributed by atoms with Crippen LogP contribution in [0.4, 0.5) is 0 Å². The summed E-state index contributed by atoms with van der Waals surface area (Å²) >= 11 is 0. The van der Waals surface area contributed by atoms with Crippen molar-refractivity contribution >= 4 is 5.84 Å². The lowest BCUT2D eigenvalue weighted by Crippen LogP contribution is -2.32. The first-order valence-corrected chi connectivity index (χ1v) is 5.11. The van der Waals surface area contributed by atoms with Gasteiger partial charge in [0.1, 0.15) is 11.6 Å². The fourth-order valence-electron chi connectivity index (χ4n) is 1.53. The summed E-state index contributed by atoms with van der Waals surface area (Å²) < 4.78 is 5.64. The average molecular weight is 206 g/mol. The molecule has 0 aliphatic carbocycles. The molecule has 0 amide bonds. The van der Waals surface area contributed by atoms with Gasteiger partial charge in [-0.15, -0.1) is 0 Å². The van der Waals surface area contributed by atoms with Crippen LogP contribution in [-0.4, -0.2) is 11.9 Å². The van der Waals surface area contributed by atoms with Crippen LogP contribution in [0.1, 0.15) is 24.5 Å². The minimum absolute atomic E-state index is 0.0802. The van der Waals surface area contributed by atoms with Crippen LogP contribution in [0.25, 0.3) is 0 Å². The topological polar surface area (TPSA) is 59.1 Å². The second kappa shape index (κ2) is 4.82. The highest BCUT2D eigenvalue weighted by molar-refractivity contribution is 5.82. The molecular formula is C12H18N2O. The molecule has 1 unspecified atom stereocenters. The Morgan fingerprint density at radius 1 is 1.33 bits per heavy atom. The Bertz CT molecular complexity index is 340. The molecule has 1 atom stereocenters. The summed E-state index contributed by atoms with van der Waals surface area (Å²) in [4.78, 5) is 0. The van der Waals surface area contributed by atoms with Crippen molar-refractivity contribution in [3.05, 3.63) is 29.3 Å². The van der Waals surface area contributed by atoms with Gasteiger partial charge < -0.3 is 10.5 Å². The molecule has 1 aromatic rings. The fraction of sp³-hybridized carbons (Fsp3) is 0.417. The maximum absolute atomic E-state index is 7.36. The van der Waals surface area contributed by atoms with E-state index in [9.17, 15) is 0 Å². The summed E-state index contributed by atoms with van der Waals surface area (Å²) in [6.07, 6.45) is 0.397. The monoisotopic (exact) mass is 206 g/mol. The van der Waals surface area contributed by atoms with E-state index in [1.54, 1.807) is 0 Å². The van der Waals surface area contributed by atoms with Gasteiger partial charge in [0.2, 0.25) is 0 Å². The molecule has 0 aromatic heterocycles. The lowest BCUT2D eigenvalue weighted by atomic mass is 10.1. The quantitative estimate of drug-likeness (QED) is 0.587. The molecule has 15 heavy (non-hydrogen) atoms. The van der Waals surface area contributed by atoms with Crippen molar-refractivity contribution in [1.29, 1.82) is 5.41 Å². The second-order valence-electron chi connectivity index (χ2n) is 3.79.